The maximum Gasteiger partial charge on any atom is 0.451 e. The van der Waals surface area contributed by atoms with E-state index in [0.29, 0.717) is 6.42 Å². The van der Waals surface area contributed by atoms with Gasteiger partial charge in [-0.25, -0.2) is 0 Å². The van der Waals surface area contributed by atoms with Crippen LogP contribution in [-0.4, -0.2) is 27.9 Å². The fourth-order valence-corrected chi connectivity index (χ4v) is 0.785. The van der Waals surface area contributed by atoms with Crippen molar-refractivity contribution < 1.29 is 15.2 Å². The number of aliphatic hydroxyl groups is 1. The molecule has 12 heavy (non-hydrogen) atoms. The zero-order valence-electron chi connectivity index (χ0n) is 8.33. The molecule has 1 unspecified atom stereocenters. The average Bonchev–Trinajstić information content (AvgIpc) is 1.81. The molecule has 4 heteroatoms. The predicted octanol–water partition coefficient (Wildman–Crippen LogP) is 0.646. The molecule has 0 rings (SSSR count). The molecule has 0 fully saturated rings. The molecule has 0 saturated heterocycles. The van der Waals surface area contributed by atoms with Gasteiger partial charge in [-0.1, -0.05) is 20.8 Å². The van der Waals surface area contributed by atoms with E-state index in [4.69, 9.17) is 10.0 Å². The smallest absolute Gasteiger partial charge is 0.427 e. The Morgan fingerprint density at radius 3 is 1.75 bits per heavy atom. The zero-order chi connectivity index (χ0) is 9.99. The molecule has 72 valence electrons. The minimum Gasteiger partial charge on any atom is -0.427 e. The van der Waals surface area contributed by atoms with Crippen LogP contribution >= 0.6 is 0 Å². The molecular formula is C8H19BO3. The van der Waals surface area contributed by atoms with Crippen molar-refractivity contribution in [3.05, 3.63) is 0 Å². The van der Waals surface area contributed by atoms with Gasteiger partial charge >= 0.3 is 7.12 Å². The lowest BCUT2D eigenvalue weighted by atomic mass is 9.70. The Bertz CT molecular complexity index is 138. The van der Waals surface area contributed by atoms with Gasteiger partial charge in [-0.05, 0) is 25.1 Å². The lowest BCUT2D eigenvalue weighted by molar-refractivity contribution is -0.0449. The van der Waals surface area contributed by atoms with E-state index in [1.165, 1.54) is 0 Å². The van der Waals surface area contributed by atoms with Crippen LogP contribution in [0.5, 0.6) is 0 Å². The normalized spacial score (nSPS) is 17.2. The highest BCUT2D eigenvalue weighted by Gasteiger charge is 2.35. The minimum atomic E-state index is -1.32. The maximum atomic E-state index is 9.88. The molecule has 0 saturated carbocycles. The Morgan fingerprint density at radius 1 is 1.08 bits per heavy atom. The summed E-state index contributed by atoms with van der Waals surface area (Å²) in [6, 6.07) is 0. The summed E-state index contributed by atoms with van der Waals surface area (Å²) in [5.74, 6) is 0. The highest BCUT2D eigenvalue weighted by Crippen LogP contribution is 2.33. The first kappa shape index (κ1) is 11.9. The number of hydrogen-bond acceptors (Lipinski definition) is 3. The van der Waals surface area contributed by atoms with Crippen LogP contribution in [-0.2, 0) is 0 Å². The first-order valence-corrected chi connectivity index (χ1v) is 4.25. The first-order valence-electron chi connectivity index (χ1n) is 4.25. The lowest BCUT2D eigenvalue weighted by Crippen LogP contribution is -2.40. The van der Waals surface area contributed by atoms with Crippen molar-refractivity contribution in [2.24, 2.45) is 5.41 Å². The van der Waals surface area contributed by atoms with Crippen LogP contribution in [0.1, 0.15) is 34.1 Å². The van der Waals surface area contributed by atoms with Crippen molar-refractivity contribution in [1.82, 2.24) is 0 Å². The summed E-state index contributed by atoms with van der Waals surface area (Å²) in [5.41, 5.74) is -1.08. The van der Waals surface area contributed by atoms with E-state index in [1.807, 2.05) is 20.8 Å². The van der Waals surface area contributed by atoms with Crippen molar-refractivity contribution in [3.8, 4) is 0 Å². The van der Waals surface area contributed by atoms with Crippen molar-refractivity contribution in [2.75, 3.05) is 0 Å². The van der Waals surface area contributed by atoms with Crippen LogP contribution in [0, 0.1) is 5.41 Å². The van der Waals surface area contributed by atoms with Crippen LogP contribution < -0.4 is 0 Å². The fraction of sp³-hybridized carbons (Fsp3) is 1.00. The molecule has 3 N–H and O–H groups in total. The van der Waals surface area contributed by atoms with E-state index in [9.17, 15) is 5.11 Å². The molecule has 3 nitrogen and oxygen atoms in total. The molecule has 0 aromatic heterocycles. The molecule has 0 aromatic carbocycles. The summed E-state index contributed by atoms with van der Waals surface area (Å²) in [5, 5.41) is 27.1. The van der Waals surface area contributed by atoms with E-state index < -0.39 is 12.7 Å². The van der Waals surface area contributed by atoms with Crippen molar-refractivity contribution in [3.63, 3.8) is 0 Å². The van der Waals surface area contributed by atoms with Gasteiger partial charge in [0, 0.05) is 0 Å². The van der Waals surface area contributed by atoms with Gasteiger partial charge in [-0.3, -0.25) is 0 Å². The standard InChI is InChI=1S/C8H19BO3/c1-7(2,3)8(4,10)5-6-9(11)12/h10-12H,5-6H2,1-4H3. The maximum absolute atomic E-state index is 9.88. The summed E-state index contributed by atoms with van der Waals surface area (Å²) >= 11 is 0. The van der Waals surface area contributed by atoms with E-state index in [1.54, 1.807) is 6.92 Å². The fourth-order valence-electron chi connectivity index (χ4n) is 0.785. The Morgan fingerprint density at radius 2 is 1.50 bits per heavy atom. The third-order valence-electron chi connectivity index (χ3n) is 2.51. The first-order chi connectivity index (χ1) is 5.17. The van der Waals surface area contributed by atoms with Crippen LogP contribution in [0.2, 0.25) is 6.32 Å². The van der Waals surface area contributed by atoms with E-state index in [2.05, 4.69) is 0 Å². The molecule has 0 aliphatic carbocycles. The van der Waals surface area contributed by atoms with Gasteiger partial charge in [-0.15, -0.1) is 0 Å². The molecule has 0 aliphatic rings. The third-order valence-corrected chi connectivity index (χ3v) is 2.51. The van der Waals surface area contributed by atoms with E-state index >= 15 is 0 Å². The Labute approximate surface area is 74.6 Å². The topological polar surface area (TPSA) is 60.7 Å². The molecule has 0 radical (unpaired) electrons. The zero-order valence-corrected chi connectivity index (χ0v) is 8.33. The molecule has 1 atom stereocenters. The molecule has 0 amide bonds. The van der Waals surface area contributed by atoms with Gasteiger partial charge in [-0.2, -0.15) is 0 Å². The molecule has 0 heterocycles. The summed E-state index contributed by atoms with van der Waals surface area (Å²) in [6.07, 6.45) is 0.610. The largest absolute Gasteiger partial charge is 0.451 e. The van der Waals surface area contributed by atoms with Gasteiger partial charge < -0.3 is 15.2 Å². The SMILES string of the molecule is CC(C)(C)C(C)(O)CCB(O)O. The average molecular weight is 174 g/mol. The lowest BCUT2D eigenvalue weighted by Gasteiger charge is -2.37. The number of hydrogen-bond donors (Lipinski definition) is 3. The summed E-state index contributed by atoms with van der Waals surface area (Å²) in [7, 11) is -1.32. The number of rotatable bonds is 3. The highest BCUT2D eigenvalue weighted by atomic mass is 16.4. The van der Waals surface area contributed by atoms with Gasteiger partial charge in [0.05, 0.1) is 5.60 Å². The van der Waals surface area contributed by atoms with Gasteiger partial charge in [0.15, 0.2) is 0 Å². The second-order valence-electron chi connectivity index (χ2n) is 4.54. The van der Waals surface area contributed by atoms with E-state index in [0.717, 1.165) is 0 Å². The highest BCUT2D eigenvalue weighted by molar-refractivity contribution is 6.40. The van der Waals surface area contributed by atoms with Crippen LogP contribution in [0.25, 0.3) is 0 Å². The van der Waals surface area contributed by atoms with Crippen molar-refractivity contribution in [1.29, 1.82) is 0 Å². The summed E-state index contributed by atoms with van der Waals surface area (Å²) < 4.78 is 0. The molecular weight excluding hydrogens is 155 g/mol. The molecule has 0 aromatic rings. The minimum absolute atomic E-state index is 0.213. The Balaban J connectivity index is 4.05. The van der Waals surface area contributed by atoms with Crippen molar-refractivity contribution in [2.45, 2.75) is 46.0 Å². The van der Waals surface area contributed by atoms with Crippen molar-refractivity contribution >= 4 is 7.12 Å². The summed E-state index contributed by atoms with van der Waals surface area (Å²) in [4.78, 5) is 0. The third kappa shape index (κ3) is 3.56. The molecule has 0 spiro atoms. The second-order valence-corrected chi connectivity index (χ2v) is 4.54. The molecule has 0 aliphatic heterocycles. The van der Waals surface area contributed by atoms with Gasteiger partial charge in [0.1, 0.15) is 0 Å². The monoisotopic (exact) mass is 174 g/mol. The summed E-state index contributed by atoms with van der Waals surface area (Å²) in [6.45, 7) is 7.50. The van der Waals surface area contributed by atoms with Crippen LogP contribution in [0.3, 0.4) is 0 Å². The Hall–Kier alpha value is -0.0551. The second kappa shape index (κ2) is 3.77. The Kier molecular flexibility index (Phi) is 3.75. The molecule has 0 bridgehead atoms. The quantitative estimate of drug-likeness (QED) is 0.550. The van der Waals surface area contributed by atoms with Gasteiger partial charge in [0.25, 0.3) is 0 Å². The predicted molar refractivity (Wildman–Crippen MR) is 49.7 cm³/mol. The van der Waals surface area contributed by atoms with Crippen LogP contribution in [0.4, 0.5) is 0 Å². The van der Waals surface area contributed by atoms with Gasteiger partial charge in [0.2, 0.25) is 0 Å². The van der Waals surface area contributed by atoms with Crippen LogP contribution in [0.15, 0.2) is 0 Å². The van der Waals surface area contributed by atoms with E-state index in [-0.39, 0.29) is 11.7 Å².